The van der Waals surface area contributed by atoms with E-state index < -0.39 is 0 Å². The molecule has 0 unspecified atom stereocenters. The van der Waals surface area contributed by atoms with E-state index in [1.54, 1.807) is 0 Å². The van der Waals surface area contributed by atoms with Gasteiger partial charge in [-0.3, -0.25) is 0 Å². The van der Waals surface area contributed by atoms with Gasteiger partial charge in [0.15, 0.2) is 0 Å². The first-order chi connectivity index (χ1) is 17.9. The molecule has 1 heterocycles. The molecule has 7 rings (SSSR count). The van der Waals surface area contributed by atoms with Gasteiger partial charge in [-0.05, 0) is 53.4 Å². The summed E-state index contributed by atoms with van der Waals surface area (Å²) in [5, 5.41) is 4.58. The van der Waals surface area contributed by atoms with Crippen molar-refractivity contribution < 1.29 is 4.42 Å². The fraction of sp³-hybridized carbons (Fsp3) is 0. The maximum absolute atomic E-state index is 6.79. The van der Waals surface area contributed by atoms with Crippen LogP contribution in [-0.4, -0.2) is 0 Å². The predicted octanol–water partition coefficient (Wildman–Crippen LogP) is 9.88. The molecule has 1 aromatic heterocycles. The van der Waals surface area contributed by atoms with Crippen molar-refractivity contribution in [2.75, 3.05) is 4.90 Å². The molecule has 6 aromatic carbocycles. The highest BCUT2D eigenvalue weighted by molar-refractivity contribution is 6.19. The Bertz CT molecular complexity index is 1780. The average Bonchev–Trinajstić information content (AvgIpc) is 3.34. The zero-order chi connectivity index (χ0) is 23.9. The molecule has 2 nitrogen and oxygen atoms in total. The molecule has 170 valence electrons. The molecule has 2 heteroatoms. The smallest absolute Gasteiger partial charge is 0.145 e. The summed E-state index contributed by atoms with van der Waals surface area (Å²) in [7, 11) is 0. The van der Waals surface area contributed by atoms with Gasteiger partial charge in [-0.2, -0.15) is 0 Å². The van der Waals surface area contributed by atoms with E-state index in [2.05, 4.69) is 144 Å². The van der Waals surface area contributed by atoms with Gasteiger partial charge in [-0.1, -0.05) is 97.1 Å². The number of hydrogen-bond acceptors (Lipinski definition) is 2. The van der Waals surface area contributed by atoms with Gasteiger partial charge in [0.1, 0.15) is 11.2 Å². The molecule has 0 bridgehead atoms. The third-order valence-corrected chi connectivity index (χ3v) is 6.84. The van der Waals surface area contributed by atoms with Gasteiger partial charge in [0.25, 0.3) is 0 Å². The van der Waals surface area contributed by atoms with Crippen molar-refractivity contribution in [3.63, 3.8) is 0 Å². The van der Waals surface area contributed by atoms with Crippen molar-refractivity contribution in [1.82, 2.24) is 0 Å². The standard InChI is InChI=1S/C34H23NO/c1-4-13-25(14-5-1)32-31(35(26-15-6-2-7-16-26)27-17-8-3-9-18-27)23-22-30-29-21-20-24-12-10-11-19-28(24)33(29)36-34(30)32/h1-23H. The van der Waals surface area contributed by atoms with Crippen molar-refractivity contribution in [3.8, 4) is 11.1 Å². The number of anilines is 3. The number of furan rings is 1. The van der Waals surface area contributed by atoms with Gasteiger partial charge < -0.3 is 9.32 Å². The first kappa shape index (κ1) is 20.5. The number of fused-ring (bicyclic) bond motifs is 5. The summed E-state index contributed by atoms with van der Waals surface area (Å²) >= 11 is 0. The molecular weight excluding hydrogens is 438 g/mol. The molecule has 0 N–H and O–H groups in total. The zero-order valence-corrected chi connectivity index (χ0v) is 19.6. The van der Waals surface area contributed by atoms with Crippen LogP contribution >= 0.6 is 0 Å². The lowest BCUT2D eigenvalue weighted by molar-refractivity contribution is 0.674. The van der Waals surface area contributed by atoms with Gasteiger partial charge in [0, 0.05) is 33.1 Å². The van der Waals surface area contributed by atoms with E-state index in [1.807, 2.05) is 0 Å². The van der Waals surface area contributed by atoms with E-state index in [0.717, 1.165) is 55.5 Å². The van der Waals surface area contributed by atoms with Crippen molar-refractivity contribution in [1.29, 1.82) is 0 Å². The maximum atomic E-state index is 6.79. The van der Waals surface area contributed by atoms with Crippen LogP contribution in [0, 0.1) is 0 Å². The highest BCUT2D eigenvalue weighted by Gasteiger charge is 2.22. The topological polar surface area (TPSA) is 16.4 Å². The molecule has 0 radical (unpaired) electrons. The summed E-state index contributed by atoms with van der Waals surface area (Å²) in [6.07, 6.45) is 0. The molecular formula is C34H23NO. The summed E-state index contributed by atoms with van der Waals surface area (Å²) in [6.45, 7) is 0. The number of rotatable bonds is 4. The molecule has 0 aliphatic carbocycles. The van der Waals surface area contributed by atoms with Crippen LogP contribution in [-0.2, 0) is 0 Å². The Morgan fingerprint density at radius 3 is 1.67 bits per heavy atom. The normalized spacial score (nSPS) is 11.3. The van der Waals surface area contributed by atoms with E-state index >= 15 is 0 Å². The summed E-state index contributed by atoms with van der Waals surface area (Å²) in [4.78, 5) is 2.31. The van der Waals surface area contributed by atoms with E-state index in [9.17, 15) is 0 Å². The summed E-state index contributed by atoms with van der Waals surface area (Å²) in [5.41, 5.74) is 7.32. The third-order valence-electron chi connectivity index (χ3n) is 6.84. The molecule has 0 atom stereocenters. The predicted molar refractivity (Wildman–Crippen MR) is 151 cm³/mol. The number of benzene rings is 6. The van der Waals surface area contributed by atoms with Gasteiger partial charge in [-0.15, -0.1) is 0 Å². The van der Waals surface area contributed by atoms with Crippen LogP contribution in [0.5, 0.6) is 0 Å². The zero-order valence-electron chi connectivity index (χ0n) is 19.6. The van der Waals surface area contributed by atoms with Crippen LogP contribution in [0.3, 0.4) is 0 Å². The molecule has 0 spiro atoms. The quantitative estimate of drug-likeness (QED) is 0.259. The lowest BCUT2D eigenvalue weighted by Gasteiger charge is -2.27. The van der Waals surface area contributed by atoms with Gasteiger partial charge in [0.2, 0.25) is 0 Å². The van der Waals surface area contributed by atoms with Crippen LogP contribution in [0.4, 0.5) is 17.1 Å². The summed E-state index contributed by atoms with van der Waals surface area (Å²) in [5.74, 6) is 0. The molecule has 7 aromatic rings. The van der Waals surface area contributed by atoms with Crippen LogP contribution in [0.25, 0.3) is 43.8 Å². The van der Waals surface area contributed by atoms with Crippen LogP contribution in [0.1, 0.15) is 0 Å². The van der Waals surface area contributed by atoms with Gasteiger partial charge in [-0.25, -0.2) is 0 Å². The number of para-hydroxylation sites is 2. The maximum Gasteiger partial charge on any atom is 0.145 e. The Hall–Kier alpha value is -4.82. The van der Waals surface area contributed by atoms with E-state index in [0.29, 0.717) is 0 Å². The Labute approximate surface area is 209 Å². The average molecular weight is 462 g/mol. The molecule has 0 saturated carbocycles. The number of hydrogen-bond donors (Lipinski definition) is 0. The van der Waals surface area contributed by atoms with E-state index in [1.165, 1.54) is 5.39 Å². The Morgan fingerprint density at radius 2 is 0.972 bits per heavy atom. The Kier molecular flexibility index (Phi) is 4.82. The molecule has 0 amide bonds. The summed E-state index contributed by atoms with van der Waals surface area (Å²) < 4.78 is 6.79. The van der Waals surface area contributed by atoms with Crippen LogP contribution < -0.4 is 4.90 Å². The SMILES string of the molecule is c1ccc(-c2c(N(c3ccccc3)c3ccccc3)ccc3c2oc2c4ccccc4ccc32)cc1. The molecule has 0 fully saturated rings. The second kappa shape index (κ2) is 8.44. The van der Waals surface area contributed by atoms with Crippen molar-refractivity contribution >= 4 is 49.8 Å². The Morgan fingerprint density at radius 1 is 0.417 bits per heavy atom. The monoisotopic (exact) mass is 461 g/mol. The first-order valence-electron chi connectivity index (χ1n) is 12.2. The van der Waals surface area contributed by atoms with E-state index in [4.69, 9.17) is 4.42 Å². The van der Waals surface area contributed by atoms with Gasteiger partial charge in [0.05, 0.1) is 5.69 Å². The van der Waals surface area contributed by atoms with Crippen molar-refractivity contribution in [3.05, 3.63) is 140 Å². The molecule has 0 aliphatic heterocycles. The molecule has 36 heavy (non-hydrogen) atoms. The van der Waals surface area contributed by atoms with Gasteiger partial charge >= 0.3 is 0 Å². The number of nitrogens with zero attached hydrogens (tertiary/aromatic N) is 1. The lowest BCUT2D eigenvalue weighted by atomic mass is 9.98. The fourth-order valence-corrected chi connectivity index (χ4v) is 5.21. The molecule has 0 saturated heterocycles. The minimum atomic E-state index is 0.905. The summed E-state index contributed by atoms with van der Waals surface area (Å²) in [6, 6.07) is 48.8. The van der Waals surface area contributed by atoms with Crippen LogP contribution in [0.2, 0.25) is 0 Å². The van der Waals surface area contributed by atoms with Crippen LogP contribution in [0.15, 0.2) is 144 Å². The third kappa shape index (κ3) is 3.27. The largest absolute Gasteiger partial charge is 0.455 e. The highest BCUT2D eigenvalue weighted by Crippen LogP contribution is 2.47. The van der Waals surface area contributed by atoms with Crippen molar-refractivity contribution in [2.24, 2.45) is 0 Å². The fourth-order valence-electron chi connectivity index (χ4n) is 5.21. The minimum Gasteiger partial charge on any atom is -0.455 e. The first-order valence-corrected chi connectivity index (χ1v) is 12.2. The second-order valence-corrected chi connectivity index (χ2v) is 8.97. The second-order valence-electron chi connectivity index (χ2n) is 8.97. The minimum absolute atomic E-state index is 0.905. The Balaban J connectivity index is 1.61. The molecule has 0 aliphatic rings. The van der Waals surface area contributed by atoms with Crippen molar-refractivity contribution in [2.45, 2.75) is 0 Å². The lowest BCUT2D eigenvalue weighted by Crippen LogP contribution is -2.11. The van der Waals surface area contributed by atoms with E-state index in [-0.39, 0.29) is 0 Å². The highest BCUT2D eigenvalue weighted by atomic mass is 16.3.